The van der Waals surface area contributed by atoms with Crippen LogP contribution in [-0.2, 0) is 0 Å². The van der Waals surface area contributed by atoms with Crippen LogP contribution in [0.2, 0.25) is 0 Å². The second kappa shape index (κ2) is 23.2. The van der Waals surface area contributed by atoms with E-state index >= 15 is 0 Å². The summed E-state index contributed by atoms with van der Waals surface area (Å²) in [6, 6.07) is 0. The SMILES string of the molecule is CCCCCCCCCCCCCCCCCC.CCN(N)C(=N)N. The van der Waals surface area contributed by atoms with Crippen LogP contribution in [0.15, 0.2) is 0 Å². The molecule has 0 spiro atoms. The van der Waals surface area contributed by atoms with Crippen molar-refractivity contribution in [3.05, 3.63) is 0 Å². The van der Waals surface area contributed by atoms with E-state index in [4.69, 9.17) is 17.0 Å². The van der Waals surface area contributed by atoms with Crippen LogP contribution in [0, 0.1) is 5.41 Å². The van der Waals surface area contributed by atoms with Crippen molar-refractivity contribution in [2.24, 2.45) is 11.6 Å². The van der Waals surface area contributed by atoms with Gasteiger partial charge in [0.2, 0.25) is 5.96 Å². The summed E-state index contributed by atoms with van der Waals surface area (Å²) < 4.78 is 0. The zero-order valence-electron chi connectivity index (χ0n) is 17.6. The van der Waals surface area contributed by atoms with Crippen LogP contribution in [0.25, 0.3) is 0 Å². The molecule has 5 N–H and O–H groups in total. The third-order valence-electron chi connectivity index (χ3n) is 4.61. The second-order valence-corrected chi connectivity index (χ2v) is 7.12. The van der Waals surface area contributed by atoms with Crippen molar-refractivity contribution in [3.8, 4) is 0 Å². The second-order valence-electron chi connectivity index (χ2n) is 7.12. The molecule has 0 aliphatic heterocycles. The minimum absolute atomic E-state index is 0.0949. The molecule has 0 saturated carbocycles. The monoisotopic (exact) mass is 356 g/mol. The number of nitrogens with zero attached hydrogens (tertiary/aromatic N) is 1. The zero-order valence-corrected chi connectivity index (χ0v) is 17.6. The van der Waals surface area contributed by atoms with E-state index in [9.17, 15) is 0 Å². The first kappa shape index (κ1) is 26.5. The van der Waals surface area contributed by atoms with E-state index in [0.717, 1.165) is 5.01 Å². The van der Waals surface area contributed by atoms with Gasteiger partial charge in [-0.15, -0.1) is 0 Å². The summed E-state index contributed by atoms with van der Waals surface area (Å²) in [5, 5.41) is 7.83. The smallest absolute Gasteiger partial charge is 0.202 e. The Balaban J connectivity index is 0. The molecular weight excluding hydrogens is 308 g/mol. The van der Waals surface area contributed by atoms with E-state index in [-0.39, 0.29) is 5.96 Å². The molecule has 0 aliphatic carbocycles. The number of hydrogen-bond donors (Lipinski definition) is 3. The van der Waals surface area contributed by atoms with Crippen molar-refractivity contribution in [2.75, 3.05) is 6.54 Å². The average molecular weight is 357 g/mol. The highest BCUT2D eigenvalue weighted by Gasteiger charge is 1.93. The molecule has 4 nitrogen and oxygen atoms in total. The van der Waals surface area contributed by atoms with Gasteiger partial charge in [0.15, 0.2) is 0 Å². The molecule has 0 rings (SSSR count). The summed E-state index contributed by atoms with van der Waals surface area (Å²) in [7, 11) is 0. The van der Waals surface area contributed by atoms with Crippen LogP contribution >= 0.6 is 0 Å². The van der Waals surface area contributed by atoms with Crippen LogP contribution in [0.3, 0.4) is 0 Å². The normalized spacial score (nSPS) is 10.2. The Labute approximate surface area is 158 Å². The van der Waals surface area contributed by atoms with Gasteiger partial charge in [-0.3, -0.25) is 10.4 Å². The van der Waals surface area contributed by atoms with Crippen molar-refractivity contribution in [3.63, 3.8) is 0 Å². The summed E-state index contributed by atoms with van der Waals surface area (Å²) in [6.45, 7) is 6.99. The summed E-state index contributed by atoms with van der Waals surface area (Å²) in [5.41, 5.74) is 4.93. The fraction of sp³-hybridized carbons (Fsp3) is 0.952. The molecule has 25 heavy (non-hydrogen) atoms. The summed E-state index contributed by atoms with van der Waals surface area (Å²) in [6.07, 6.45) is 23.4. The van der Waals surface area contributed by atoms with Crippen LogP contribution in [0.4, 0.5) is 0 Å². The van der Waals surface area contributed by atoms with Gasteiger partial charge in [-0.25, -0.2) is 5.84 Å². The Morgan fingerprint density at radius 1 is 0.600 bits per heavy atom. The largest absolute Gasteiger partial charge is 0.369 e. The highest BCUT2D eigenvalue weighted by molar-refractivity contribution is 5.73. The number of nitrogens with one attached hydrogen (secondary N) is 1. The van der Waals surface area contributed by atoms with Crippen LogP contribution in [0.1, 0.15) is 124 Å². The molecule has 0 saturated heterocycles. The average Bonchev–Trinajstić information content (AvgIpc) is 2.61. The quantitative estimate of drug-likeness (QED) is 0.0991. The molecule has 0 atom stereocenters. The first-order valence-electron chi connectivity index (χ1n) is 11.0. The van der Waals surface area contributed by atoms with Gasteiger partial charge in [-0.1, -0.05) is 117 Å². The fourth-order valence-corrected chi connectivity index (χ4v) is 2.79. The Bertz CT molecular complexity index is 240. The lowest BCUT2D eigenvalue weighted by Gasteiger charge is -2.11. The molecule has 0 bridgehead atoms. The van der Waals surface area contributed by atoms with Gasteiger partial charge in [0, 0.05) is 6.54 Å². The zero-order chi connectivity index (χ0) is 19.2. The van der Waals surface area contributed by atoms with Gasteiger partial charge in [0.1, 0.15) is 0 Å². The van der Waals surface area contributed by atoms with Crippen molar-refractivity contribution in [2.45, 2.75) is 124 Å². The van der Waals surface area contributed by atoms with Gasteiger partial charge < -0.3 is 5.73 Å². The maximum atomic E-state index is 6.68. The minimum Gasteiger partial charge on any atom is -0.369 e. The molecule has 0 aromatic carbocycles. The van der Waals surface area contributed by atoms with Gasteiger partial charge >= 0.3 is 0 Å². The van der Waals surface area contributed by atoms with E-state index in [2.05, 4.69) is 13.8 Å². The Morgan fingerprint density at radius 2 is 0.840 bits per heavy atom. The maximum absolute atomic E-state index is 6.68. The number of unbranched alkanes of at least 4 members (excludes halogenated alkanes) is 15. The number of hydrazine groups is 1. The van der Waals surface area contributed by atoms with Crippen molar-refractivity contribution in [1.29, 1.82) is 5.41 Å². The van der Waals surface area contributed by atoms with E-state index in [1.165, 1.54) is 103 Å². The van der Waals surface area contributed by atoms with Crippen LogP contribution in [0.5, 0.6) is 0 Å². The number of hydrogen-bond acceptors (Lipinski definition) is 2. The lowest BCUT2D eigenvalue weighted by atomic mass is 10.0. The fourth-order valence-electron chi connectivity index (χ4n) is 2.79. The topological polar surface area (TPSA) is 79.1 Å². The third-order valence-corrected chi connectivity index (χ3v) is 4.61. The highest BCUT2D eigenvalue weighted by atomic mass is 15.4. The number of guanidine groups is 1. The molecule has 4 heteroatoms. The van der Waals surface area contributed by atoms with Gasteiger partial charge in [-0.05, 0) is 6.92 Å². The minimum atomic E-state index is -0.0949. The lowest BCUT2D eigenvalue weighted by Crippen LogP contribution is -2.41. The Kier molecular flexibility index (Phi) is 24.6. The molecular formula is C21H48N4. The molecule has 0 radical (unpaired) electrons. The van der Waals surface area contributed by atoms with Crippen molar-refractivity contribution < 1.29 is 0 Å². The lowest BCUT2D eigenvalue weighted by molar-refractivity contribution is 0.457. The first-order valence-corrected chi connectivity index (χ1v) is 11.0. The third kappa shape index (κ3) is 25.6. The molecule has 0 aromatic rings. The standard InChI is InChI=1S/C18H38.C3H10N4/c1-3-5-7-9-11-13-15-17-18-16-14-12-10-8-6-4-2;1-2-7(6)3(4)5/h3-18H2,1-2H3;2,6H2,1H3,(H3,4,5). The molecule has 0 unspecified atom stereocenters. The van der Waals surface area contributed by atoms with E-state index in [1.54, 1.807) is 0 Å². The van der Waals surface area contributed by atoms with Gasteiger partial charge in [0.05, 0.1) is 0 Å². The van der Waals surface area contributed by atoms with E-state index in [0.29, 0.717) is 6.54 Å². The highest BCUT2D eigenvalue weighted by Crippen LogP contribution is 2.13. The molecule has 0 heterocycles. The molecule has 0 aliphatic rings. The van der Waals surface area contributed by atoms with E-state index in [1.807, 2.05) is 6.92 Å². The van der Waals surface area contributed by atoms with Crippen molar-refractivity contribution in [1.82, 2.24) is 5.01 Å². The van der Waals surface area contributed by atoms with Gasteiger partial charge in [0.25, 0.3) is 0 Å². The van der Waals surface area contributed by atoms with Crippen LogP contribution < -0.4 is 11.6 Å². The number of nitrogens with two attached hydrogens (primary N) is 2. The summed E-state index contributed by atoms with van der Waals surface area (Å²) in [4.78, 5) is 0. The Morgan fingerprint density at radius 3 is 0.960 bits per heavy atom. The molecule has 0 fully saturated rings. The summed E-state index contributed by atoms with van der Waals surface area (Å²) in [5.74, 6) is 5.00. The predicted octanol–water partition coefficient (Wildman–Crippen LogP) is 6.34. The molecule has 0 amide bonds. The number of rotatable bonds is 16. The molecule has 0 aromatic heterocycles. The van der Waals surface area contributed by atoms with Crippen LogP contribution in [-0.4, -0.2) is 17.5 Å². The Hall–Kier alpha value is -0.770. The predicted molar refractivity (Wildman–Crippen MR) is 114 cm³/mol. The van der Waals surface area contributed by atoms with Gasteiger partial charge in [-0.2, -0.15) is 0 Å². The first-order chi connectivity index (χ1) is 12.1. The van der Waals surface area contributed by atoms with E-state index < -0.39 is 0 Å². The van der Waals surface area contributed by atoms with Crippen molar-refractivity contribution >= 4 is 5.96 Å². The molecule has 152 valence electrons. The summed E-state index contributed by atoms with van der Waals surface area (Å²) >= 11 is 0. The maximum Gasteiger partial charge on any atom is 0.202 e.